The molecule has 10 heavy (non-hydrogen) atoms. The molecule has 1 unspecified atom stereocenters. The summed E-state index contributed by atoms with van der Waals surface area (Å²) in [5, 5.41) is 10.5. The fourth-order valence-corrected chi connectivity index (χ4v) is 1.41. The Kier molecular flexibility index (Phi) is 1.82. The first-order valence-corrected chi connectivity index (χ1v) is 3.87. The summed E-state index contributed by atoms with van der Waals surface area (Å²) in [5.41, 5.74) is 0.196. The maximum Gasteiger partial charge on any atom is 0.0266 e. The maximum absolute atomic E-state index is 7.14. The first-order chi connectivity index (χ1) is 4.61. The molecule has 0 bridgehead atoms. The molecule has 1 aliphatic heterocycles. The van der Waals surface area contributed by atoms with Gasteiger partial charge in [-0.2, -0.15) is 0 Å². The van der Waals surface area contributed by atoms with Crippen LogP contribution >= 0.6 is 0 Å². The molecular formula is C8H16N2. The molecular weight excluding hydrogens is 124 g/mol. The second kappa shape index (κ2) is 2.35. The highest BCUT2D eigenvalue weighted by molar-refractivity contribution is 5.61. The van der Waals surface area contributed by atoms with Crippen molar-refractivity contribution in [3.8, 4) is 0 Å². The minimum atomic E-state index is 0.196. The average molecular weight is 140 g/mol. The molecule has 1 saturated heterocycles. The van der Waals surface area contributed by atoms with Gasteiger partial charge in [0.05, 0.1) is 0 Å². The van der Waals surface area contributed by atoms with Crippen LogP contribution in [0.3, 0.4) is 0 Å². The Labute approximate surface area is 62.5 Å². The molecule has 2 nitrogen and oxygen atoms in total. The monoisotopic (exact) mass is 140 g/mol. The molecule has 0 aromatic rings. The Balaban J connectivity index is 2.60. The van der Waals surface area contributed by atoms with Crippen molar-refractivity contribution in [1.82, 2.24) is 5.32 Å². The van der Waals surface area contributed by atoms with Crippen LogP contribution in [0.2, 0.25) is 0 Å². The highest BCUT2D eigenvalue weighted by Crippen LogP contribution is 2.31. The van der Waals surface area contributed by atoms with Gasteiger partial charge in [-0.15, -0.1) is 0 Å². The van der Waals surface area contributed by atoms with Gasteiger partial charge in [-0.05, 0) is 12.8 Å². The summed E-state index contributed by atoms with van der Waals surface area (Å²) in [6, 6.07) is 0. The van der Waals surface area contributed by atoms with E-state index in [0.717, 1.165) is 6.54 Å². The lowest BCUT2D eigenvalue weighted by molar-refractivity contribution is 0.119. The summed E-state index contributed by atoms with van der Waals surface area (Å²) in [4.78, 5) is 0. The van der Waals surface area contributed by atoms with Gasteiger partial charge >= 0.3 is 0 Å². The van der Waals surface area contributed by atoms with Crippen molar-refractivity contribution in [2.75, 3.05) is 6.54 Å². The molecule has 1 aliphatic rings. The third kappa shape index (κ3) is 0.870. The Morgan fingerprint density at radius 2 is 2.30 bits per heavy atom. The minimum Gasteiger partial charge on any atom is -0.313 e. The zero-order chi connectivity index (χ0) is 7.78. The molecule has 2 N–H and O–H groups in total. The van der Waals surface area contributed by atoms with Gasteiger partial charge in [-0.3, -0.25) is 0 Å². The standard InChI is InChI=1S/C8H16N2/c1-6(2)8(3)7(4-9)5-10-8/h4,6-7,9-10H,5H2,1-3H3/t7?,8-/m1/s1. The Hall–Kier alpha value is -0.370. The highest BCUT2D eigenvalue weighted by Gasteiger charge is 2.43. The van der Waals surface area contributed by atoms with E-state index in [-0.39, 0.29) is 5.54 Å². The first-order valence-electron chi connectivity index (χ1n) is 3.87. The van der Waals surface area contributed by atoms with E-state index in [1.807, 2.05) is 0 Å². The SMILES string of the molecule is CC(C)[C@@]1(C)NCC1C=N. The topological polar surface area (TPSA) is 35.9 Å². The van der Waals surface area contributed by atoms with Crippen LogP contribution < -0.4 is 5.32 Å². The Morgan fingerprint density at radius 1 is 1.70 bits per heavy atom. The predicted molar refractivity (Wildman–Crippen MR) is 43.5 cm³/mol. The zero-order valence-corrected chi connectivity index (χ0v) is 6.94. The molecule has 1 heterocycles. The summed E-state index contributed by atoms with van der Waals surface area (Å²) >= 11 is 0. The summed E-state index contributed by atoms with van der Waals surface area (Å²) in [6.07, 6.45) is 1.57. The smallest absolute Gasteiger partial charge is 0.0266 e. The molecule has 0 aliphatic carbocycles. The predicted octanol–water partition coefficient (Wildman–Crippen LogP) is 1.27. The van der Waals surface area contributed by atoms with Crippen LogP contribution in [-0.2, 0) is 0 Å². The van der Waals surface area contributed by atoms with Crippen LogP contribution in [0.4, 0.5) is 0 Å². The molecule has 0 spiro atoms. The summed E-state index contributed by atoms with van der Waals surface area (Å²) < 4.78 is 0. The summed E-state index contributed by atoms with van der Waals surface area (Å²) in [7, 11) is 0. The van der Waals surface area contributed by atoms with Crippen molar-refractivity contribution in [3.05, 3.63) is 0 Å². The van der Waals surface area contributed by atoms with E-state index in [1.165, 1.54) is 0 Å². The molecule has 0 aromatic heterocycles. The molecule has 1 fully saturated rings. The van der Waals surface area contributed by atoms with Gasteiger partial charge in [0.1, 0.15) is 0 Å². The largest absolute Gasteiger partial charge is 0.313 e. The third-order valence-electron chi connectivity index (χ3n) is 2.87. The van der Waals surface area contributed by atoms with Crippen molar-refractivity contribution in [2.45, 2.75) is 26.3 Å². The zero-order valence-electron chi connectivity index (χ0n) is 6.94. The molecule has 0 radical (unpaired) electrons. The van der Waals surface area contributed by atoms with Gasteiger partial charge in [-0.25, -0.2) is 0 Å². The molecule has 0 aromatic carbocycles. The van der Waals surface area contributed by atoms with Gasteiger partial charge in [0.25, 0.3) is 0 Å². The van der Waals surface area contributed by atoms with E-state index in [9.17, 15) is 0 Å². The lowest BCUT2D eigenvalue weighted by Gasteiger charge is -2.49. The highest BCUT2D eigenvalue weighted by atomic mass is 15.1. The average Bonchev–Trinajstić information content (AvgIpc) is 1.85. The number of nitrogens with one attached hydrogen (secondary N) is 2. The van der Waals surface area contributed by atoms with E-state index < -0.39 is 0 Å². The van der Waals surface area contributed by atoms with E-state index in [2.05, 4.69) is 26.1 Å². The van der Waals surface area contributed by atoms with Crippen LogP contribution in [0, 0.1) is 17.2 Å². The van der Waals surface area contributed by atoms with E-state index in [0.29, 0.717) is 11.8 Å². The molecule has 0 amide bonds. The van der Waals surface area contributed by atoms with Crippen molar-refractivity contribution in [2.24, 2.45) is 11.8 Å². The molecule has 1 rings (SSSR count). The van der Waals surface area contributed by atoms with Crippen molar-refractivity contribution in [1.29, 1.82) is 5.41 Å². The van der Waals surface area contributed by atoms with Gasteiger partial charge < -0.3 is 10.7 Å². The van der Waals surface area contributed by atoms with Crippen LogP contribution in [0.1, 0.15) is 20.8 Å². The summed E-state index contributed by atoms with van der Waals surface area (Å²) in [5.74, 6) is 1.07. The Morgan fingerprint density at radius 3 is 2.40 bits per heavy atom. The van der Waals surface area contributed by atoms with Gasteiger partial charge in [0, 0.05) is 24.2 Å². The Bertz CT molecular complexity index is 142. The molecule has 2 atom stereocenters. The van der Waals surface area contributed by atoms with Crippen LogP contribution in [0.15, 0.2) is 0 Å². The number of hydrogen-bond donors (Lipinski definition) is 2. The normalized spacial score (nSPS) is 39.4. The second-order valence-electron chi connectivity index (χ2n) is 3.59. The van der Waals surface area contributed by atoms with Crippen molar-refractivity contribution >= 4 is 6.21 Å². The first kappa shape index (κ1) is 7.73. The van der Waals surface area contributed by atoms with Crippen LogP contribution in [-0.4, -0.2) is 18.3 Å². The lowest BCUT2D eigenvalue weighted by Crippen LogP contribution is -2.66. The van der Waals surface area contributed by atoms with E-state index >= 15 is 0 Å². The third-order valence-corrected chi connectivity index (χ3v) is 2.87. The number of hydrogen-bond acceptors (Lipinski definition) is 2. The number of rotatable bonds is 2. The fraction of sp³-hybridized carbons (Fsp3) is 0.875. The van der Waals surface area contributed by atoms with Gasteiger partial charge in [0.2, 0.25) is 0 Å². The quantitative estimate of drug-likeness (QED) is 0.557. The van der Waals surface area contributed by atoms with E-state index in [4.69, 9.17) is 5.41 Å². The van der Waals surface area contributed by atoms with Crippen LogP contribution in [0.25, 0.3) is 0 Å². The summed E-state index contributed by atoms with van der Waals surface area (Å²) in [6.45, 7) is 7.57. The van der Waals surface area contributed by atoms with E-state index in [1.54, 1.807) is 6.21 Å². The fourth-order valence-electron chi connectivity index (χ4n) is 1.41. The van der Waals surface area contributed by atoms with Crippen LogP contribution in [0.5, 0.6) is 0 Å². The van der Waals surface area contributed by atoms with Gasteiger partial charge in [0.15, 0.2) is 0 Å². The minimum absolute atomic E-state index is 0.196. The van der Waals surface area contributed by atoms with Crippen molar-refractivity contribution in [3.63, 3.8) is 0 Å². The second-order valence-corrected chi connectivity index (χ2v) is 3.59. The van der Waals surface area contributed by atoms with Gasteiger partial charge in [-0.1, -0.05) is 13.8 Å². The molecule has 0 saturated carbocycles. The molecule has 2 heteroatoms. The maximum atomic E-state index is 7.14. The van der Waals surface area contributed by atoms with Crippen molar-refractivity contribution < 1.29 is 0 Å². The molecule has 58 valence electrons. The lowest BCUT2D eigenvalue weighted by atomic mass is 9.71.